The van der Waals surface area contributed by atoms with Crippen LogP contribution in [0.3, 0.4) is 0 Å². The molecule has 32 heavy (non-hydrogen) atoms. The molecule has 0 atom stereocenters. The molecule has 0 saturated carbocycles. The number of hydrogen-bond acceptors (Lipinski definition) is 6. The van der Waals surface area contributed by atoms with Crippen LogP contribution in [-0.4, -0.2) is 44.3 Å². The summed E-state index contributed by atoms with van der Waals surface area (Å²) >= 11 is 0. The van der Waals surface area contributed by atoms with Gasteiger partial charge in [-0.2, -0.15) is 0 Å². The summed E-state index contributed by atoms with van der Waals surface area (Å²) in [4.78, 5) is 13.2. The lowest BCUT2D eigenvalue weighted by atomic mass is 10.1. The molecule has 0 unspecified atom stereocenters. The van der Waals surface area contributed by atoms with E-state index in [9.17, 15) is 13.2 Å². The van der Waals surface area contributed by atoms with Crippen molar-refractivity contribution in [3.05, 3.63) is 66.1 Å². The number of hydrogen-bond donors (Lipinski definition) is 3. The maximum atomic E-state index is 13.2. The van der Waals surface area contributed by atoms with Gasteiger partial charge in [0.05, 0.1) is 23.6 Å². The summed E-state index contributed by atoms with van der Waals surface area (Å²) in [5.41, 5.74) is 2.98. The molecule has 3 N–H and O–H groups in total. The molecule has 0 saturated heterocycles. The van der Waals surface area contributed by atoms with Crippen molar-refractivity contribution < 1.29 is 17.9 Å². The predicted octanol–water partition coefficient (Wildman–Crippen LogP) is 1.94. The fourth-order valence-electron chi connectivity index (χ4n) is 4.12. The van der Waals surface area contributed by atoms with Gasteiger partial charge in [-0.25, -0.2) is 13.1 Å². The van der Waals surface area contributed by atoms with Gasteiger partial charge in [0.15, 0.2) is 0 Å². The Bertz CT molecular complexity index is 1330. The maximum Gasteiger partial charge on any atom is 0.267 e. The lowest BCUT2D eigenvalue weighted by Gasteiger charge is -2.24. The van der Waals surface area contributed by atoms with Crippen LogP contribution in [0, 0.1) is 0 Å². The minimum Gasteiger partial charge on any atom is -0.440 e. The first-order chi connectivity index (χ1) is 15.5. The van der Waals surface area contributed by atoms with Crippen molar-refractivity contribution in [1.29, 1.82) is 0 Å². The molecule has 2 aromatic carbocycles. The first-order valence-corrected chi connectivity index (χ1v) is 12.3. The van der Waals surface area contributed by atoms with E-state index in [0.29, 0.717) is 31.8 Å². The van der Waals surface area contributed by atoms with E-state index in [1.54, 1.807) is 0 Å². The molecule has 1 aromatic heterocycles. The van der Waals surface area contributed by atoms with Crippen molar-refractivity contribution in [2.24, 2.45) is 0 Å². The average Bonchev–Trinajstić information content (AvgIpc) is 3.12. The number of carbonyl (C=O) groups is 1. The number of sulfonamides is 1. The number of ether oxygens (including phenoxy) is 1. The third kappa shape index (κ3) is 3.96. The van der Waals surface area contributed by atoms with E-state index in [0.717, 1.165) is 22.2 Å². The summed E-state index contributed by atoms with van der Waals surface area (Å²) in [5, 5.41) is 7.44. The number of amides is 1. The van der Waals surface area contributed by atoms with E-state index in [4.69, 9.17) is 4.74 Å². The Kier molecular flexibility index (Phi) is 5.36. The number of nitrogens with one attached hydrogen (secondary N) is 3. The first kappa shape index (κ1) is 20.6. The van der Waals surface area contributed by atoms with Crippen LogP contribution >= 0.6 is 0 Å². The lowest BCUT2D eigenvalue weighted by Crippen LogP contribution is -2.40. The van der Waals surface area contributed by atoms with Crippen molar-refractivity contribution in [3.8, 4) is 17.0 Å². The molecule has 0 radical (unpaired) electrons. The second-order valence-electron chi connectivity index (χ2n) is 7.86. The van der Waals surface area contributed by atoms with Crippen molar-refractivity contribution in [3.63, 3.8) is 0 Å². The number of aromatic nitrogens is 1. The zero-order valence-electron chi connectivity index (χ0n) is 17.4. The second kappa shape index (κ2) is 8.33. The van der Waals surface area contributed by atoms with E-state index >= 15 is 0 Å². The van der Waals surface area contributed by atoms with Gasteiger partial charge in [-0.3, -0.25) is 4.79 Å². The zero-order chi connectivity index (χ0) is 22.1. The largest absolute Gasteiger partial charge is 0.440 e. The molecule has 0 spiro atoms. The predicted molar refractivity (Wildman–Crippen MR) is 122 cm³/mol. The molecule has 2 aliphatic heterocycles. The molecule has 8 nitrogen and oxygen atoms in total. The van der Waals surface area contributed by atoms with Gasteiger partial charge in [0.2, 0.25) is 15.9 Å². The number of nitrogens with zero attached hydrogens (tertiary/aromatic N) is 1. The number of para-hydroxylation sites is 2. The third-order valence-electron chi connectivity index (χ3n) is 5.65. The minimum absolute atomic E-state index is 0.122. The molecule has 1 amide bonds. The van der Waals surface area contributed by atoms with Crippen molar-refractivity contribution >= 4 is 26.8 Å². The highest BCUT2D eigenvalue weighted by molar-refractivity contribution is 7.90. The van der Waals surface area contributed by atoms with Crippen LogP contribution in [0.1, 0.15) is 6.42 Å². The third-order valence-corrected chi connectivity index (χ3v) is 6.97. The zero-order valence-corrected chi connectivity index (χ0v) is 18.2. The summed E-state index contributed by atoms with van der Waals surface area (Å²) in [6, 6.07) is 17.6. The van der Waals surface area contributed by atoms with Gasteiger partial charge < -0.3 is 19.9 Å². The van der Waals surface area contributed by atoms with Gasteiger partial charge in [0, 0.05) is 29.6 Å². The quantitative estimate of drug-likeness (QED) is 0.482. The number of fused-ring (bicyclic) bond motifs is 5. The van der Waals surface area contributed by atoms with Crippen LogP contribution in [0.15, 0.2) is 66.1 Å². The summed E-state index contributed by atoms with van der Waals surface area (Å²) in [6.07, 6.45) is 0.421. The Hall–Kier alpha value is -3.30. The van der Waals surface area contributed by atoms with E-state index in [2.05, 4.69) is 21.4 Å². The Morgan fingerprint density at radius 3 is 2.69 bits per heavy atom. The van der Waals surface area contributed by atoms with E-state index < -0.39 is 15.9 Å². The second-order valence-corrected chi connectivity index (χ2v) is 9.70. The molecule has 166 valence electrons. The monoisotopic (exact) mass is 452 g/mol. The summed E-state index contributed by atoms with van der Waals surface area (Å²) in [5.74, 6) is 0.0514. The van der Waals surface area contributed by atoms with Gasteiger partial charge >= 0.3 is 0 Å². The fraction of sp³-hybridized carbons (Fsp3) is 0.261. The SMILES string of the molecule is O=C1NS(=O)(=O)CCCNCCN/C2=C\1Cn1c(cc3ccccc31)-c1ccccc1O2. The maximum absolute atomic E-state index is 13.2. The number of carbonyl (C=O) groups excluding carboxylic acids is 1. The summed E-state index contributed by atoms with van der Waals surface area (Å²) < 4.78 is 35.4. The van der Waals surface area contributed by atoms with Crippen LogP contribution in [-0.2, 0) is 21.4 Å². The molecular weight excluding hydrogens is 428 g/mol. The van der Waals surface area contributed by atoms with Gasteiger partial charge in [0.25, 0.3) is 5.91 Å². The highest BCUT2D eigenvalue weighted by atomic mass is 32.2. The van der Waals surface area contributed by atoms with Crippen molar-refractivity contribution in [2.75, 3.05) is 25.4 Å². The molecule has 0 fully saturated rings. The molecule has 0 bridgehead atoms. The fourth-order valence-corrected chi connectivity index (χ4v) is 5.15. The van der Waals surface area contributed by atoms with Crippen LogP contribution in [0.2, 0.25) is 0 Å². The summed E-state index contributed by atoms with van der Waals surface area (Å²) in [6.45, 7) is 1.85. The molecule has 9 heteroatoms. The van der Waals surface area contributed by atoms with Crippen molar-refractivity contribution in [2.45, 2.75) is 13.0 Å². The number of benzene rings is 2. The highest BCUT2D eigenvalue weighted by Crippen LogP contribution is 2.37. The molecule has 2 aliphatic rings. The Morgan fingerprint density at radius 2 is 1.78 bits per heavy atom. The normalized spacial score (nSPS) is 21.2. The summed E-state index contributed by atoms with van der Waals surface area (Å²) in [7, 11) is -3.76. The van der Waals surface area contributed by atoms with Crippen LogP contribution in [0.25, 0.3) is 22.2 Å². The van der Waals surface area contributed by atoms with Crippen molar-refractivity contribution in [1.82, 2.24) is 19.9 Å². The highest BCUT2D eigenvalue weighted by Gasteiger charge is 2.28. The molecule has 5 rings (SSSR count). The van der Waals surface area contributed by atoms with Crippen LogP contribution in [0.5, 0.6) is 5.75 Å². The Morgan fingerprint density at radius 1 is 0.969 bits per heavy atom. The standard InChI is InChI=1S/C23H24N4O4S/c28-22-18-15-27-19-8-3-1-6-16(19)14-20(27)17-7-2-4-9-21(17)31-23(18)25-12-11-24-10-5-13-32(29,30)26-22/h1-4,6-9,14,24-25H,5,10-13,15H2,(H,26,28)/b23-18+. The average molecular weight is 453 g/mol. The van der Waals surface area contributed by atoms with Crippen LogP contribution < -0.4 is 20.1 Å². The molecule has 3 heterocycles. The molecular formula is C23H24N4O4S. The Labute approximate surface area is 186 Å². The lowest BCUT2D eigenvalue weighted by molar-refractivity contribution is -0.116. The van der Waals surface area contributed by atoms with Crippen LogP contribution in [0.4, 0.5) is 0 Å². The van der Waals surface area contributed by atoms with E-state index in [1.165, 1.54) is 0 Å². The van der Waals surface area contributed by atoms with Gasteiger partial charge in [-0.05, 0) is 37.2 Å². The van der Waals surface area contributed by atoms with Gasteiger partial charge in [-0.1, -0.05) is 30.3 Å². The molecule has 3 aromatic rings. The van der Waals surface area contributed by atoms with Gasteiger partial charge in [-0.15, -0.1) is 0 Å². The smallest absolute Gasteiger partial charge is 0.267 e. The Balaban J connectivity index is 1.70. The van der Waals surface area contributed by atoms with E-state index in [1.807, 2.05) is 53.1 Å². The topological polar surface area (TPSA) is 101 Å². The first-order valence-electron chi connectivity index (χ1n) is 10.6. The number of rotatable bonds is 0. The van der Waals surface area contributed by atoms with Gasteiger partial charge in [0.1, 0.15) is 5.75 Å². The minimum atomic E-state index is -3.76. The van der Waals surface area contributed by atoms with E-state index in [-0.39, 0.29) is 23.8 Å². The molecule has 0 aliphatic carbocycles.